The Bertz CT molecular complexity index is 1640. The van der Waals surface area contributed by atoms with Crippen molar-refractivity contribution in [2.75, 3.05) is 26.9 Å². The Balaban J connectivity index is 1.36. The molecule has 3 N–H and O–H groups in total. The number of halogens is 1. The maximum Gasteiger partial charge on any atom is 0.338 e. The Kier molecular flexibility index (Phi) is 11.8. The van der Waals surface area contributed by atoms with Crippen LogP contribution in [0, 0.1) is 0 Å². The number of ether oxygens (including phenoxy) is 5. The van der Waals surface area contributed by atoms with Crippen LogP contribution < -0.4 is 35.0 Å². The number of hydrazone groups is 1. The molecule has 46 heavy (non-hydrogen) atoms. The van der Waals surface area contributed by atoms with Crippen molar-refractivity contribution in [1.29, 1.82) is 0 Å². The number of hydrogen-bond acceptors (Lipinski definition) is 9. The van der Waals surface area contributed by atoms with Gasteiger partial charge in [-0.25, -0.2) is 15.0 Å². The minimum Gasteiger partial charge on any atom is -0.493 e. The van der Waals surface area contributed by atoms with Gasteiger partial charge in [-0.2, -0.15) is 5.10 Å². The molecular formula is C33H35ClN4O8. The van der Waals surface area contributed by atoms with Gasteiger partial charge >= 0.3 is 12.0 Å². The van der Waals surface area contributed by atoms with Crippen molar-refractivity contribution in [2.24, 2.45) is 5.10 Å². The highest BCUT2D eigenvalue weighted by molar-refractivity contribution is 6.31. The molecule has 1 atom stereocenters. The van der Waals surface area contributed by atoms with Gasteiger partial charge in [0.2, 0.25) is 0 Å². The smallest absolute Gasteiger partial charge is 0.338 e. The predicted molar refractivity (Wildman–Crippen MR) is 171 cm³/mol. The summed E-state index contributed by atoms with van der Waals surface area (Å²) in [6.45, 7) is 5.71. The number of nitrogens with one attached hydrogen (secondary N) is 3. The van der Waals surface area contributed by atoms with Crippen molar-refractivity contribution < 1.29 is 38.1 Å². The molecule has 3 aromatic rings. The first kappa shape index (κ1) is 33.7. The second-order valence-electron chi connectivity index (χ2n) is 9.80. The van der Waals surface area contributed by atoms with Crippen molar-refractivity contribution in [3.63, 3.8) is 0 Å². The lowest BCUT2D eigenvalue weighted by Crippen LogP contribution is -2.45. The highest BCUT2D eigenvalue weighted by atomic mass is 35.5. The Hall–Kier alpha value is -5.23. The van der Waals surface area contributed by atoms with Gasteiger partial charge in [-0.05, 0) is 68.3 Å². The van der Waals surface area contributed by atoms with Crippen LogP contribution in [-0.2, 0) is 20.9 Å². The quantitative estimate of drug-likeness (QED) is 0.125. The fraction of sp³-hybridized carbons (Fsp3) is 0.273. The van der Waals surface area contributed by atoms with E-state index >= 15 is 0 Å². The van der Waals surface area contributed by atoms with Crippen molar-refractivity contribution in [1.82, 2.24) is 16.1 Å². The summed E-state index contributed by atoms with van der Waals surface area (Å²) >= 11 is 6.23. The lowest BCUT2D eigenvalue weighted by molar-refractivity contribution is -0.139. The summed E-state index contributed by atoms with van der Waals surface area (Å²) in [7, 11) is 1.44. The van der Waals surface area contributed by atoms with E-state index in [9.17, 15) is 14.4 Å². The molecule has 1 aliphatic rings. The molecule has 12 nitrogen and oxygen atoms in total. The predicted octanol–water partition coefficient (Wildman–Crippen LogP) is 5.05. The number of carbonyl (C=O) groups excluding carboxylic acids is 3. The van der Waals surface area contributed by atoms with E-state index in [0.29, 0.717) is 45.7 Å². The highest BCUT2D eigenvalue weighted by Crippen LogP contribution is 2.35. The Morgan fingerprint density at radius 3 is 2.46 bits per heavy atom. The number of urea groups is 1. The second kappa shape index (κ2) is 16.2. The van der Waals surface area contributed by atoms with E-state index in [4.69, 9.17) is 35.3 Å². The Morgan fingerprint density at radius 1 is 0.957 bits per heavy atom. The fourth-order valence-corrected chi connectivity index (χ4v) is 4.71. The first-order valence-corrected chi connectivity index (χ1v) is 14.8. The molecule has 0 aliphatic carbocycles. The highest BCUT2D eigenvalue weighted by Gasteiger charge is 2.32. The number of esters is 1. The molecule has 0 spiro atoms. The maximum atomic E-state index is 12.6. The van der Waals surface area contributed by atoms with Gasteiger partial charge in [-0.15, -0.1) is 0 Å². The van der Waals surface area contributed by atoms with Crippen LogP contribution in [-0.4, -0.2) is 51.1 Å². The average molecular weight is 651 g/mol. The van der Waals surface area contributed by atoms with E-state index in [1.54, 1.807) is 56.3 Å². The molecule has 0 aromatic heterocycles. The second-order valence-corrected chi connectivity index (χ2v) is 10.2. The molecule has 4 rings (SSSR count). The standard InChI is InChI=1S/C33H35ClN4O8/c1-5-43-28-15-21(11-13-26(28)45-18-23-9-7-8-10-24(23)34)17-35-38-29(39)19-46-25-14-12-22(16-27(25)42-4)31-30(32(40)44-6-2)20(3)36-33(41)37-31/h7-17,31H,5-6,18-19H2,1-4H3,(H,38,39)(H2,36,37,41)/b35-17-/t31-/m1/s1. The molecule has 0 saturated heterocycles. The minimum atomic E-state index is -0.778. The van der Waals surface area contributed by atoms with Gasteiger partial charge in [0, 0.05) is 16.3 Å². The van der Waals surface area contributed by atoms with Gasteiger partial charge in [0.15, 0.2) is 29.6 Å². The summed E-state index contributed by atoms with van der Waals surface area (Å²) in [6.07, 6.45) is 1.47. The van der Waals surface area contributed by atoms with Gasteiger partial charge in [0.05, 0.1) is 38.2 Å². The van der Waals surface area contributed by atoms with E-state index in [0.717, 1.165) is 5.56 Å². The van der Waals surface area contributed by atoms with Crippen LogP contribution >= 0.6 is 11.6 Å². The number of rotatable bonds is 14. The molecule has 0 bridgehead atoms. The minimum absolute atomic E-state index is 0.180. The third kappa shape index (κ3) is 8.69. The molecule has 1 heterocycles. The zero-order valence-electron chi connectivity index (χ0n) is 25.8. The third-order valence-electron chi connectivity index (χ3n) is 6.66. The molecule has 13 heteroatoms. The monoisotopic (exact) mass is 650 g/mol. The lowest BCUT2D eigenvalue weighted by Gasteiger charge is -2.28. The van der Waals surface area contributed by atoms with Crippen LogP contribution in [0.5, 0.6) is 23.0 Å². The van der Waals surface area contributed by atoms with Crippen LogP contribution in [0.15, 0.2) is 77.0 Å². The fourth-order valence-electron chi connectivity index (χ4n) is 4.52. The van der Waals surface area contributed by atoms with E-state index in [1.165, 1.54) is 13.3 Å². The SMILES string of the molecule is CCOC(=O)C1=C(C)NC(=O)N[C@@H]1c1ccc(OCC(=O)N/N=C\c2ccc(OCc3ccccc3Cl)c(OCC)c2)c(OC)c1. The number of benzene rings is 3. The third-order valence-corrected chi connectivity index (χ3v) is 7.02. The molecule has 0 fully saturated rings. The summed E-state index contributed by atoms with van der Waals surface area (Å²) in [5.74, 6) is 0.567. The van der Waals surface area contributed by atoms with E-state index in [-0.39, 0.29) is 31.1 Å². The van der Waals surface area contributed by atoms with Gasteiger partial charge in [-0.1, -0.05) is 35.9 Å². The topological polar surface area (TPSA) is 146 Å². The van der Waals surface area contributed by atoms with Crippen molar-refractivity contribution in [3.8, 4) is 23.0 Å². The molecule has 0 unspecified atom stereocenters. The molecular weight excluding hydrogens is 616 g/mol. The van der Waals surface area contributed by atoms with Crippen LogP contribution in [0.3, 0.4) is 0 Å². The largest absolute Gasteiger partial charge is 0.493 e. The van der Waals surface area contributed by atoms with E-state index in [2.05, 4.69) is 21.2 Å². The van der Waals surface area contributed by atoms with Gasteiger partial charge in [0.25, 0.3) is 5.91 Å². The number of methoxy groups -OCH3 is 1. The van der Waals surface area contributed by atoms with Crippen molar-refractivity contribution in [3.05, 3.63) is 93.6 Å². The van der Waals surface area contributed by atoms with Crippen LogP contribution in [0.25, 0.3) is 0 Å². The molecule has 1 aliphatic heterocycles. The maximum absolute atomic E-state index is 12.6. The van der Waals surface area contributed by atoms with Crippen LogP contribution in [0.2, 0.25) is 5.02 Å². The summed E-state index contributed by atoms with van der Waals surface area (Å²) in [4.78, 5) is 37.3. The van der Waals surface area contributed by atoms with Gasteiger partial charge in [0.1, 0.15) is 6.61 Å². The van der Waals surface area contributed by atoms with E-state index in [1.807, 2.05) is 25.1 Å². The number of carbonyl (C=O) groups is 3. The Morgan fingerprint density at radius 2 is 1.72 bits per heavy atom. The molecule has 0 radical (unpaired) electrons. The Labute approximate surface area is 271 Å². The zero-order chi connectivity index (χ0) is 33.1. The van der Waals surface area contributed by atoms with Gasteiger partial charge < -0.3 is 34.3 Å². The average Bonchev–Trinajstić information content (AvgIpc) is 3.04. The first-order chi connectivity index (χ1) is 22.2. The number of nitrogens with zero attached hydrogens (tertiary/aromatic N) is 1. The number of hydrogen-bond donors (Lipinski definition) is 3. The first-order valence-electron chi connectivity index (χ1n) is 14.4. The van der Waals surface area contributed by atoms with Crippen LogP contribution in [0.4, 0.5) is 4.79 Å². The lowest BCUT2D eigenvalue weighted by atomic mass is 9.95. The summed E-state index contributed by atoms with van der Waals surface area (Å²) in [6, 6.07) is 16.3. The normalized spacial score (nSPS) is 14.3. The molecule has 242 valence electrons. The zero-order valence-corrected chi connectivity index (χ0v) is 26.6. The van der Waals surface area contributed by atoms with Crippen molar-refractivity contribution >= 4 is 35.7 Å². The van der Waals surface area contributed by atoms with Gasteiger partial charge in [-0.3, -0.25) is 4.79 Å². The number of allylic oxidation sites excluding steroid dienone is 1. The molecule has 3 aromatic carbocycles. The molecule has 0 saturated carbocycles. The summed E-state index contributed by atoms with van der Waals surface area (Å²) in [5, 5.41) is 9.96. The van der Waals surface area contributed by atoms with Crippen molar-refractivity contribution in [2.45, 2.75) is 33.4 Å². The van der Waals surface area contributed by atoms with E-state index < -0.39 is 23.9 Å². The molecule has 3 amide bonds. The van der Waals surface area contributed by atoms with Crippen LogP contribution in [0.1, 0.15) is 43.5 Å². The summed E-state index contributed by atoms with van der Waals surface area (Å²) < 4.78 is 28.0. The summed E-state index contributed by atoms with van der Waals surface area (Å²) in [5.41, 5.74) is 5.15. The number of amides is 3.